The first-order valence-corrected chi connectivity index (χ1v) is 9.13. The van der Waals surface area contributed by atoms with E-state index in [1.54, 1.807) is 7.11 Å². The maximum atomic E-state index is 12.3. The summed E-state index contributed by atoms with van der Waals surface area (Å²) < 4.78 is 10.7. The third-order valence-electron chi connectivity index (χ3n) is 4.33. The number of allylic oxidation sites excluding steroid dienone is 1. The average molecular weight is 346 g/mol. The van der Waals surface area contributed by atoms with Crippen molar-refractivity contribution in [3.63, 3.8) is 0 Å². The number of ether oxygens (including phenoxy) is 2. The number of carbonyl (C=O) groups is 1. The SMILES string of the molecule is COCCOc1ccccc1NC(C)C(=O)NCCC1=CCCCC1. The summed E-state index contributed by atoms with van der Waals surface area (Å²) in [5.74, 6) is 0.731. The molecule has 0 aromatic heterocycles. The Labute approximate surface area is 150 Å². The van der Waals surface area contributed by atoms with E-state index in [0.29, 0.717) is 19.8 Å². The van der Waals surface area contributed by atoms with Crippen LogP contribution < -0.4 is 15.4 Å². The van der Waals surface area contributed by atoms with Crippen molar-refractivity contribution in [1.82, 2.24) is 5.32 Å². The van der Waals surface area contributed by atoms with Crippen LogP contribution in [0.3, 0.4) is 0 Å². The van der Waals surface area contributed by atoms with Crippen LogP contribution in [-0.4, -0.2) is 38.8 Å². The molecule has 138 valence electrons. The molecule has 1 aromatic rings. The molecule has 0 spiro atoms. The van der Waals surface area contributed by atoms with Gasteiger partial charge in [-0.25, -0.2) is 0 Å². The summed E-state index contributed by atoms with van der Waals surface area (Å²) in [5.41, 5.74) is 2.29. The molecule has 1 aromatic carbocycles. The first kappa shape index (κ1) is 19.3. The van der Waals surface area contributed by atoms with Crippen molar-refractivity contribution in [2.75, 3.05) is 32.2 Å². The molecule has 2 N–H and O–H groups in total. The van der Waals surface area contributed by atoms with Crippen LogP contribution in [0.25, 0.3) is 0 Å². The summed E-state index contributed by atoms with van der Waals surface area (Å²) >= 11 is 0. The molecular formula is C20H30N2O3. The lowest BCUT2D eigenvalue weighted by molar-refractivity contribution is -0.121. The smallest absolute Gasteiger partial charge is 0.242 e. The fraction of sp³-hybridized carbons (Fsp3) is 0.550. The summed E-state index contributed by atoms with van der Waals surface area (Å²) in [6.07, 6.45) is 8.21. The number of nitrogens with one attached hydrogen (secondary N) is 2. The molecule has 1 atom stereocenters. The van der Waals surface area contributed by atoms with E-state index in [1.807, 2.05) is 31.2 Å². The maximum absolute atomic E-state index is 12.3. The molecule has 0 radical (unpaired) electrons. The number of para-hydroxylation sites is 2. The van der Waals surface area contributed by atoms with E-state index < -0.39 is 0 Å². The second-order valence-electron chi connectivity index (χ2n) is 6.35. The quantitative estimate of drug-likeness (QED) is 0.503. The van der Waals surface area contributed by atoms with Crippen molar-refractivity contribution < 1.29 is 14.3 Å². The van der Waals surface area contributed by atoms with Crippen LogP contribution in [0.5, 0.6) is 5.75 Å². The van der Waals surface area contributed by atoms with Crippen LogP contribution in [-0.2, 0) is 9.53 Å². The lowest BCUT2D eigenvalue weighted by Gasteiger charge is -2.19. The number of carbonyl (C=O) groups excluding carboxylic acids is 1. The molecule has 1 aliphatic carbocycles. The van der Waals surface area contributed by atoms with Gasteiger partial charge in [0.05, 0.1) is 12.3 Å². The average Bonchev–Trinajstić information content (AvgIpc) is 2.64. The number of hydrogen-bond donors (Lipinski definition) is 2. The van der Waals surface area contributed by atoms with Gasteiger partial charge in [0, 0.05) is 13.7 Å². The summed E-state index contributed by atoms with van der Waals surface area (Å²) in [6, 6.07) is 7.31. The minimum atomic E-state index is -0.326. The Morgan fingerprint density at radius 1 is 1.24 bits per heavy atom. The highest BCUT2D eigenvalue weighted by Crippen LogP contribution is 2.24. The van der Waals surface area contributed by atoms with Gasteiger partial charge in [0.25, 0.3) is 0 Å². The zero-order valence-corrected chi connectivity index (χ0v) is 15.3. The van der Waals surface area contributed by atoms with E-state index in [0.717, 1.165) is 17.9 Å². The molecule has 1 unspecified atom stereocenters. The van der Waals surface area contributed by atoms with Gasteiger partial charge in [0.1, 0.15) is 18.4 Å². The van der Waals surface area contributed by atoms with E-state index in [-0.39, 0.29) is 11.9 Å². The Hall–Kier alpha value is -2.01. The van der Waals surface area contributed by atoms with Crippen LogP contribution >= 0.6 is 0 Å². The van der Waals surface area contributed by atoms with Crippen LogP contribution in [0.4, 0.5) is 5.69 Å². The van der Waals surface area contributed by atoms with Gasteiger partial charge < -0.3 is 20.1 Å². The normalized spacial score (nSPS) is 15.2. The summed E-state index contributed by atoms with van der Waals surface area (Å²) in [7, 11) is 1.64. The first-order valence-electron chi connectivity index (χ1n) is 9.13. The molecule has 0 heterocycles. The van der Waals surface area contributed by atoms with Gasteiger partial charge in [0.15, 0.2) is 0 Å². The lowest BCUT2D eigenvalue weighted by atomic mass is 9.97. The minimum Gasteiger partial charge on any atom is -0.489 e. The van der Waals surface area contributed by atoms with E-state index in [1.165, 1.54) is 31.3 Å². The predicted molar refractivity (Wildman–Crippen MR) is 101 cm³/mol. The largest absolute Gasteiger partial charge is 0.489 e. The van der Waals surface area contributed by atoms with Gasteiger partial charge >= 0.3 is 0 Å². The summed E-state index contributed by atoms with van der Waals surface area (Å²) in [4.78, 5) is 12.3. The molecule has 0 bridgehead atoms. The van der Waals surface area contributed by atoms with E-state index in [2.05, 4.69) is 16.7 Å². The first-order chi connectivity index (χ1) is 12.2. The predicted octanol–water partition coefficient (Wildman–Crippen LogP) is 3.52. The molecule has 0 fully saturated rings. The molecule has 1 aliphatic rings. The Morgan fingerprint density at radius 2 is 2.08 bits per heavy atom. The number of methoxy groups -OCH3 is 1. The van der Waals surface area contributed by atoms with Crippen molar-refractivity contribution in [3.8, 4) is 5.75 Å². The van der Waals surface area contributed by atoms with E-state index in [9.17, 15) is 4.79 Å². The Bertz CT molecular complexity index is 572. The van der Waals surface area contributed by atoms with Crippen molar-refractivity contribution in [3.05, 3.63) is 35.9 Å². The highest BCUT2D eigenvalue weighted by Gasteiger charge is 2.14. The van der Waals surface area contributed by atoms with Crippen LogP contribution in [0.15, 0.2) is 35.9 Å². The van der Waals surface area contributed by atoms with Gasteiger partial charge in [-0.3, -0.25) is 4.79 Å². The second-order valence-corrected chi connectivity index (χ2v) is 6.35. The minimum absolute atomic E-state index is 0.00287. The number of hydrogen-bond acceptors (Lipinski definition) is 4. The topological polar surface area (TPSA) is 59.6 Å². The number of amides is 1. The number of rotatable bonds is 10. The van der Waals surface area contributed by atoms with E-state index >= 15 is 0 Å². The van der Waals surface area contributed by atoms with Crippen LogP contribution in [0.2, 0.25) is 0 Å². The van der Waals surface area contributed by atoms with Gasteiger partial charge in [-0.1, -0.05) is 23.8 Å². The standard InChI is InChI=1S/C20H30N2O3/c1-16(20(23)21-13-12-17-8-4-3-5-9-17)22-18-10-6-7-11-19(18)25-15-14-24-2/h6-8,10-11,16,22H,3-5,9,12-15H2,1-2H3,(H,21,23). The lowest BCUT2D eigenvalue weighted by Crippen LogP contribution is -2.38. The highest BCUT2D eigenvalue weighted by molar-refractivity contribution is 5.84. The highest BCUT2D eigenvalue weighted by atomic mass is 16.5. The Balaban J connectivity index is 1.79. The molecule has 0 aliphatic heterocycles. The van der Waals surface area contributed by atoms with Crippen molar-refractivity contribution in [2.24, 2.45) is 0 Å². The molecule has 5 heteroatoms. The van der Waals surface area contributed by atoms with Crippen molar-refractivity contribution >= 4 is 11.6 Å². The zero-order valence-electron chi connectivity index (χ0n) is 15.3. The van der Waals surface area contributed by atoms with Gasteiger partial charge in [0.2, 0.25) is 5.91 Å². The molecule has 1 amide bonds. The molecule has 2 rings (SSSR count). The fourth-order valence-electron chi connectivity index (χ4n) is 2.88. The van der Waals surface area contributed by atoms with Gasteiger partial charge in [-0.05, 0) is 51.2 Å². The van der Waals surface area contributed by atoms with Crippen LogP contribution in [0.1, 0.15) is 39.0 Å². The van der Waals surface area contributed by atoms with E-state index in [4.69, 9.17) is 9.47 Å². The van der Waals surface area contributed by atoms with Crippen molar-refractivity contribution in [2.45, 2.75) is 45.1 Å². The van der Waals surface area contributed by atoms with Crippen molar-refractivity contribution in [1.29, 1.82) is 0 Å². The molecule has 5 nitrogen and oxygen atoms in total. The molecule has 0 saturated heterocycles. The Kier molecular flexibility index (Phi) is 8.32. The second kappa shape index (κ2) is 10.8. The summed E-state index contributed by atoms with van der Waals surface area (Å²) in [6.45, 7) is 3.56. The number of benzene rings is 1. The van der Waals surface area contributed by atoms with Crippen LogP contribution in [0, 0.1) is 0 Å². The fourth-order valence-corrected chi connectivity index (χ4v) is 2.88. The summed E-state index contributed by atoms with van der Waals surface area (Å²) in [5, 5.41) is 6.25. The zero-order chi connectivity index (χ0) is 17.9. The monoisotopic (exact) mass is 346 g/mol. The third-order valence-corrected chi connectivity index (χ3v) is 4.33. The molecule has 0 saturated carbocycles. The number of anilines is 1. The molecule has 25 heavy (non-hydrogen) atoms. The maximum Gasteiger partial charge on any atom is 0.242 e. The third kappa shape index (κ3) is 6.78. The van der Waals surface area contributed by atoms with Gasteiger partial charge in [-0.2, -0.15) is 0 Å². The Morgan fingerprint density at radius 3 is 2.84 bits per heavy atom. The molecular weight excluding hydrogens is 316 g/mol. The van der Waals surface area contributed by atoms with Gasteiger partial charge in [-0.15, -0.1) is 0 Å².